The summed E-state index contributed by atoms with van der Waals surface area (Å²) >= 11 is 0. The highest BCUT2D eigenvalue weighted by Crippen LogP contribution is 2.25. The van der Waals surface area contributed by atoms with Crippen LogP contribution in [-0.4, -0.2) is 9.13 Å². The van der Waals surface area contributed by atoms with Gasteiger partial charge in [-0.1, -0.05) is 42.5 Å². The van der Waals surface area contributed by atoms with Gasteiger partial charge in [0.25, 0.3) is 5.56 Å². The van der Waals surface area contributed by atoms with Gasteiger partial charge in [0.15, 0.2) is 5.43 Å². The molecule has 0 atom stereocenters. The lowest BCUT2D eigenvalue weighted by atomic mass is 10.0. The zero-order chi connectivity index (χ0) is 17.0. The normalized spacial score (nSPS) is 13.0. The summed E-state index contributed by atoms with van der Waals surface area (Å²) < 4.78 is 3.85. The Kier molecular flexibility index (Phi) is 2.95. The lowest BCUT2D eigenvalue weighted by Gasteiger charge is -2.12. The standard InChI is InChI=1S/C21H16N2O2/c24-18-13-15(12-14-6-2-1-3-7-14)19-20(25)16-8-4-5-9-17(16)22-10-11-23(18)21(19)22/h1-9,13H,10-12H2. The molecule has 4 nitrogen and oxygen atoms in total. The van der Waals surface area contributed by atoms with Crippen LogP contribution in [-0.2, 0) is 19.5 Å². The molecule has 0 radical (unpaired) electrons. The fourth-order valence-electron chi connectivity index (χ4n) is 3.96. The Labute approximate surface area is 143 Å². The topological polar surface area (TPSA) is 44.0 Å². The van der Waals surface area contributed by atoms with E-state index in [0.717, 1.165) is 34.2 Å². The van der Waals surface area contributed by atoms with Gasteiger partial charge in [-0.3, -0.25) is 14.2 Å². The maximum absolute atomic E-state index is 13.2. The van der Waals surface area contributed by atoms with E-state index in [1.54, 1.807) is 10.6 Å². The molecule has 0 bridgehead atoms. The van der Waals surface area contributed by atoms with Gasteiger partial charge in [-0.05, 0) is 29.7 Å². The summed E-state index contributed by atoms with van der Waals surface area (Å²) in [6, 6.07) is 19.3. The van der Waals surface area contributed by atoms with Crippen molar-refractivity contribution in [2.24, 2.45) is 0 Å². The predicted molar refractivity (Wildman–Crippen MR) is 99.2 cm³/mol. The number of hydrogen-bond acceptors (Lipinski definition) is 2. The second kappa shape index (κ2) is 5.18. The first-order valence-corrected chi connectivity index (χ1v) is 8.46. The van der Waals surface area contributed by atoms with Crippen LogP contribution in [0.25, 0.3) is 21.9 Å². The molecule has 5 rings (SSSR count). The molecule has 0 N–H and O–H groups in total. The molecule has 0 spiro atoms. The van der Waals surface area contributed by atoms with Gasteiger partial charge in [0.2, 0.25) is 0 Å². The highest BCUT2D eigenvalue weighted by Gasteiger charge is 2.22. The Morgan fingerprint density at radius 3 is 2.40 bits per heavy atom. The zero-order valence-corrected chi connectivity index (χ0v) is 13.6. The monoisotopic (exact) mass is 328 g/mol. The van der Waals surface area contributed by atoms with Crippen LogP contribution in [0.5, 0.6) is 0 Å². The number of pyridine rings is 2. The van der Waals surface area contributed by atoms with E-state index in [1.165, 1.54) is 0 Å². The molecular weight excluding hydrogens is 312 g/mol. The molecule has 0 aliphatic carbocycles. The summed E-state index contributed by atoms with van der Waals surface area (Å²) in [7, 11) is 0. The number of nitrogens with zero attached hydrogens (tertiary/aromatic N) is 2. The van der Waals surface area contributed by atoms with Gasteiger partial charge in [-0.15, -0.1) is 0 Å². The number of aromatic nitrogens is 2. The van der Waals surface area contributed by atoms with E-state index in [0.29, 0.717) is 18.4 Å². The first-order chi connectivity index (χ1) is 12.2. The Morgan fingerprint density at radius 1 is 0.840 bits per heavy atom. The van der Waals surface area contributed by atoms with Crippen LogP contribution in [0, 0.1) is 0 Å². The van der Waals surface area contributed by atoms with Gasteiger partial charge in [0.1, 0.15) is 5.65 Å². The summed E-state index contributed by atoms with van der Waals surface area (Å²) in [4.78, 5) is 25.8. The number of para-hydroxylation sites is 1. The van der Waals surface area contributed by atoms with E-state index in [2.05, 4.69) is 4.57 Å². The SMILES string of the molecule is O=c1c2ccccc2n2c3c1c(Cc1ccccc1)cc(=O)n3CC2. The first-order valence-electron chi connectivity index (χ1n) is 8.46. The summed E-state index contributed by atoms with van der Waals surface area (Å²) in [5, 5.41) is 1.40. The molecule has 0 amide bonds. The van der Waals surface area contributed by atoms with Crippen LogP contribution in [0.3, 0.4) is 0 Å². The molecule has 0 fully saturated rings. The van der Waals surface area contributed by atoms with Crippen molar-refractivity contribution < 1.29 is 0 Å². The maximum atomic E-state index is 13.2. The van der Waals surface area contributed by atoms with Gasteiger partial charge < -0.3 is 4.57 Å². The number of rotatable bonds is 2. The van der Waals surface area contributed by atoms with E-state index < -0.39 is 0 Å². The Balaban J connectivity index is 1.93. The summed E-state index contributed by atoms with van der Waals surface area (Å²) in [6.45, 7) is 1.34. The average molecular weight is 328 g/mol. The molecular formula is C21H16N2O2. The molecule has 122 valence electrons. The minimum atomic E-state index is -0.0284. The van der Waals surface area contributed by atoms with Crippen LogP contribution in [0.4, 0.5) is 0 Å². The fourth-order valence-corrected chi connectivity index (χ4v) is 3.96. The number of aryl methyl sites for hydroxylation is 2. The second-order valence-corrected chi connectivity index (χ2v) is 6.52. The molecule has 2 aromatic carbocycles. The molecule has 25 heavy (non-hydrogen) atoms. The lowest BCUT2D eigenvalue weighted by Crippen LogP contribution is -2.21. The molecule has 0 saturated carbocycles. The predicted octanol–water partition coefficient (Wildman–Crippen LogP) is 2.92. The Hall–Kier alpha value is -3.14. The molecule has 0 saturated heterocycles. The maximum Gasteiger partial charge on any atom is 0.252 e. The van der Waals surface area contributed by atoms with Gasteiger partial charge in [-0.2, -0.15) is 0 Å². The van der Waals surface area contributed by atoms with Crippen LogP contribution in [0.2, 0.25) is 0 Å². The van der Waals surface area contributed by atoms with E-state index in [4.69, 9.17) is 0 Å². The number of benzene rings is 2. The fraction of sp³-hybridized carbons (Fsp3) is 0.143. The van der Waals surface area contributed by atoms with Crippen LogP contribution in [0.15, 0.2) is 70.3 Å². The molecule has 4 heteroatoms. The van der Waals surface area contributed by atoms with Gasteiger partial charge >= 0.3 is 0 Å². The highest BCUT2D eigenvalue weighted by molar-refractivity contribution is 5.94. The minimum Gasteiger partial charge on any atom is -0.325 e. The summed E-state index contributed by atoms with van der Waals surface area (Å²) in [5.41, 5.74) is 3.57. The number of fused-ring (bicyclic) bond motifs is 2. The third-order valence-corrected chi connectivity index (χ3v) is 5.07. The lowest BCUT2D eigenvalue weighted by molar-refractivity contribution is 0.681. The molecule has 0 unspecified atom stereocenters. The van der Waals surface area contributed by atoms with Gasteiger partial charge in [0.05, 0.1) is 10.9 Å². The van der Waals surface area contributed by atoms with Crippen molar-refractivity contribution >= 4 is 21.9 Å². The van der Waals surface area contributed by atoms with Crippen molar-refractivity contribution in [3.8, 4) is 0 Å². The third-order valence-electron chi connectivity index (χ3n) is 5.07. The highest BCUT2D eigenvalue weighted by atomic mass is 16.1. The van der Waals surface area contributed by atoms with Crippen molar-refractivity contribution in [2.45, 2.75) is 19.5 Å². The van der Waals surface area contributed by atoms with Crippen molar-refractivity contribution in [1.29, 1.82) is 0 Å². The molecule has 4 aromatic rings. The van der Waals surface area contributed by atoms with Crippen LogP contribution < -0.4 is 11.0 Å². The van der Waals surface area contributed by atoms with E-state index >= 15 is 0 Å². The average Bonchev–Trinajstić information content (AvgIpc) is 3.08. The van der Waals surface area contributed by atoms with Gasteiger partial charge in [-0.25, -0.2) is 0 Å². The smallest absolute Gasteiger partial charge is 0.252 e. The van der Waals surface area contributed by atoms with E-state index in [9.17, 15) is 9.59 Å². The molecule has 3 heterocycles. The van der Waals surface area contributed by atoms with Crippen molar-refractivity contribution in [3.05, 3.63) is 92.4 Å². The first kappa shape index (κ1) is 14.2. The van der Waals surface area contributed by atoms with Crippen molar-refractivity contribution in [2.75, 3.05) is 0 Å². The van der Waals surface area contributed by atoms with Crippen LogP contribution in [0.1, 0.15) is 11.1 Å². The summed E-state index contributed by atoms with van der Waals surface area (Å²) in [5.74, 6) is 0. The largest absolute Gasteiger partial charge is 0.325 e. The van der Waals surface area contributed by atoms with Crippen molar-refractivity contribution in [3.63, 3.8) is 0 Å². The third kappa shape index (κ3) is 2.00. The quantitative estimate of drug-likeness (QED) is 0.531. The molecule has 1 aliphatic heterocycles. The van der Waals surface area contributed by atoms with Gasteiger partial charge in [0, 0.05) is 24.5 Å². The Bertz CT molecular complexity index is 1250. The van der Waals surface area contributed by atoms with E-state index in [1.807, 2.05) is 54.6 Å². The Morgan fingerprint density at radius 2 is 1.56 bits per heavy atom. The number of hydrogen-bond donors (Lipinski definition) is 0. The van der Waals surface area contributed by atoms with E-state index in [-0.39, 0.29) is 11.0 Å². The zero-order valence-electron chi connectivity index (χ0n) is 13.6. The van der Waals surface area contributed by atoms with Crippen molar-refractivity contribution in [1.82, 2.24) is 9.13 Å². The molecule has 2 aromatic heterocycles. The molecule has 1 aliphatic rings. The minimum absolute atomic E-state index is 0.0171. The van der Waals surface area contributed by atoms with Crippen LogP contribution >= 0.6 is 0 Å². The summed E-state index contributed by atoms with van der Waals surface area (Å²) in [6.07, 6.45) is 0.584. The second-order valence-electron chi connectivity index (χ2n) is 6.52.